The van der Waals surface area contributed by atoms with Crippen molar-refractivity contribution >= 4 is 36.5 Å². The summed E-state index contributed by atoms with van der Waals surface area (Å²) in [4.78, 5) is 5.60. The number of ether oxygens (including phenoxy) is 9. The summed E-state index contributed by atoms with van der Waals surface area (Å²) in [5.74, 6) is 6.91. The van der Waals surface area contributed by atoms with E-state index in [1.165, 1.54) is 462 Å². The third-order valence-electron chi connectivity index (χ3n) is 30.1. The molecule has 846 valence electrons. The minimum atomic E-state index is 0.631. The molecule has 0 amide bonds. The van der Waals surface area contributed by atoms with Gasteiger partial charge in [-0.05, 0) is 141 Å². The Bertz CT molecular complexity index is 3080. The Balaban J connectivity index is 2.02. The Morgan fingerprint density at radius 1 is 0.129 bits per heavy atom. The molecule has 0 bridgehead atoms. The molecule has 0 saturated carbocycles. The molecule has 0 aliphatic carbocycles. The fourth-order valence-corrected chi connectivity index (χ4v) is 20.5. The SMILES string of the molecule is CCCCCCCCCCCCOc1cc(/C=C/c2cc(/C=C/c3cc(OCCCCCCCCCCCC)c(OCCCCCCCCCCCC)c(OCCCCCCCCCCCC)c3)nc(/C=C/c3cc(OCCCCCCCCCCCC)c(OCCCCCCCCCCCC)c(OCCCCCCCCCCCC)c3)c2)cc(OCCCCCCCCCCCC)c1OCCCCCCCCCCCC. The lowest BCUT2D eigenvalue weighted by Crippen LogP contribution is -2.07. The number of hydrogen-bond donors (Lipinski definition) is 0. The van der Waals surface area contributed by atoms with E-state index in [0.29, 0.717) is 59.5 Å². The number of benzene rings is 3. The van der Waals surface area contributed by atoms with Crippen LogP contribution in [0.1, 0.15) is 674 Å². The molecule has 0 saturated heterocycles. The first-order valence-electron chi connectivity index (χ1n) is 65.1. The van der Waals surface area contributed by atoms with E-state index < -0.39 is 0 Å². The number of unbranched alkanes of at least 4 members (excludes halogenated alkanes) is 81. The molecule has 0 unspecified atom stereocenters. The van der Waals surface area contributed by atoms with E-state index in [9.17, 15) is 0 Å². The maximum absolute atomic E-state index is 7.05. The maximum Gasteiger partial charge on any atom is 0.203 e. The third-order valence-corrected chi connectivity index (χ3v) is 30.1. The van der Waals surface area contributed by atoms with Gasteiger partial charge in [-0.3, -0.25) is 0 Å². The van der Waals surface area contributed by atoms with Gasteiger partial charge in [-0.1, -0.05) is 607 Å². The monoisotopic (exact) mass is 2040 g/mol. The first kappa shape index (κ1) is 134. The van der Waals surface area contributed by atoms with Gasteiger partial charge in [0.25, 0.3) is 0 Å². The van der Waals surface area contributed by atoms with Gasteiger partial charge in [-0.25, -0.2) is 4.98 Å². The molecule has 0 atom stereocenters. The van der Waals surface area contributed by atoms with Crippen LogP contribution in [0.25, 0.3) is 36.5 Å². The normalized spacial score (nSPS) is 11.7. The van der Waals surface area contributed by atoms with E-state index in [4.69, 9.17) is 47.6 Å². The molecule has 1 aromatic heterocycles. The number of hydrogen-bond acceptors (Lipinski definition) is 10. The third kappa shape index (κ3) is 77.3. The molecule has 0 aliphatic heterocycles. The van der Waals surface area contributed by atoms with E-state index in [0.717, 1.165) is 201 Å². The van der Waals surface area contributed by atoms with E-state index in [2.05, 4.69) is 147 Å². The molecular weight excluding hydrogens is 1800 g/mol. The second kappa shape index (κ2) is 103. The molecule has 0 radical (unpaired) electrons. The van der Waals surface area contributed by atoms with Crippen LogP contribution >= 0.6 is 0 Å². The quantitative estimate of drug-likeness (QED) is 0.0398. The number of pyridine rings is 1. The second-order valence-corrected chi connectivity index (χ2v) is 44.6. The zero-order valence-electron chi connectivity index (χ0n) is 98.7. The Labute approximate surface area is 911 Å². The average Bonchev–Trinajstić information content (AvgIpc) is 0.823. The van der Waals surface area contributed by atoms with Crippen molar-refractivity contribution in [1.82, 2.24) is 4.98 Å². The molecule has 1 heterocycles. The van der Waals surface area contributed by atoms with Gasteiger partial charge in [0.05, 0.1) is 70.8 Å². The lowest BCUT2D eigenvalue weighted by atomic mass is 10.1. The molecule has 0 aliphatic rings. The Morgan fingerprint density at radius 3 is 0.374 bits per heavy atom. The van der Waals surface area contributed by atoms with E-state index in [1.54, 1.807) is 0 Å². The van der Waals surface area contributed by atoms with Crippen LogP contribution in [0.2, 0.25) is 0 Å². The molecule has 0 spiro atoms. The van der Waals surface area contributed by atoms with Crippen LogP contribution in [0, 0.1) is 0 Å². The molecule has 4 rings (SSSR count). The Hall–Kier alpha value is -5.77. The Kier molecular flexibility index (Phi) is 93.8. The summed E-state index contributed by atoms with van der Waals surface area (Å²) in [5.41, 5.74) is 5.71. The Morgan fingerprint density at radius 2 is 0.238 bits per heavy atom. The largest absolute Gasteiger partial charge is 0.490 e. The number of aromatic nitrogens is 1. The first-order chi connectivity index (χ1) is 72.8. The van der Waals surface area contributed by atoms with E-state index in [-0.39, 0.29) is 0 Å². The van der Waals surface area contributed by atoms with Crippen molar-refractivity contribution in [2.24, 2.45) is 0 Å². The standard InChI is InChI=1S/C137H239NO9/c1-10-19-28-37-46-55-64-73-82-91-106-139-129-117-124(118-130(140-107-92-83-74-65-56-47-38-29-20-11-2)135(129)145-112-97-88-79-70-61-52-43-34-25-16-7)101-100-123-115-127(104-102-125-119-131(141-108-93-84-75-66-57-48-39-30-21-12-3)136(146-113-98-89-80-71-62-53-44-35-26-17-8)132(120-125)142-109-94-85-76-67-58-49-40-31-22-13-4)138-128(116-123)105-103-126-121-133(143-110-95-86-77-68-59-50-41-32-23-14-5)137(147-114-99-90-81-72-63-54-45-36-27-18-9)134(122-126)144-111-96-87-78-69-60-51-42-33-24-15-6/h100-105,115-122H,10-99,106-114H2,1-9H3/b101-100+,104-102+,105-103+. The average molecular weight is 2040 g/mol. The summed E-state index contributed by atoms with van der Waals surface area (Å²) in [6.07, 6.45) is 128. The number of rotatable bonds is 114. The van der Waals surface area contributed by atoms with E-state index >= 15 is 0 Å². The van der Waals surface area contributed by atoms with Crippen LogP contribution in [-0.4, -0.2) is 64.4 Å². The summed E-state index contributed by atoms with van der Waals surface area (Å²) in [6, 6.07) is 17.8. The molecule has 10 nitrogen and oxygen atoms in total. The second-order valence-electron chi connectivity index (χ2n) is 44.6. The van der Waals surface area contributed by atoms with Crippen molar-refractivity contribution < 1.29 is 42.6 Å². The molecule has 10 heteroatoms. The lowest BCUT2D eigenvalue weighted by Gasteiger charge is -2.18. The van der Waals surface area contributed by atoms with Gasteiger partial charge in [0.1, 0.15) is 0 Å². The van der Waals surface area contributed by atoms with Gasteiger partial charge in [-0.2, -0.15) is 0 Å². The van der Waals surface area contributed by atoms with Gasteiger partial charge in [0, 0.05) is 0 Å². The van der Waals surface area contributed by atoms with Crippen molar-refractivity contribution in [3.8, 4) is 51.7 Å². The van der Waals surface area contributed by atoms with E-state index in [1.807, 2.05) is 0 Å². The predicted octanol–water partition coefficient (Wildman–Crippen LogP) is 46.3. The van der Waals surface area contributed by atoms with Crippen molar-refractivity contribution in [2.45, 2.75) is 640 Å². The van der Waals surface area contributed by atoms with Crippen molar-refractivity contribution in [3.63, 3.8) is 0 Å². The summed E-state index contributed by atoms with van der Waals surface area (Å²) in [7, 11) is 0. The minimum absolute atomic E-state index is 0.631. The van der Waals surface area contributed by atoms with Gasteiger partial charge in [0.2, 0.25) is 17.2 Å². The highest BCUT2D eigenvalue weighted by molar-refractivity contribution is 5.79. The minimum Gasteiger partial charge on any atom is -0.490 e. The maximum atomic E-state index is 7.05. The van der Waals surface area contributed by atoms with Crippen LogP contribution in [-0.2, 0) is 0 Å². The highest BCUT2D eigenvalue weighted by Crippen LogP contribution is 2.44. The zero-order valence-corrected chi connectivity index (χ0v) is 98.7. The summed E-state index contributed by atoms with van der Waals surface area (Å²) in [6.45, 7) is 26.5. The molecule has 4 aromatic rings. The highest BCUT2D eigenvalue weighted by Gasteiger charge is 2.21. The first-order valence-corrected chi connectivity index (χ1v) is 65.1. The molecule has 0 fully saturated rings. The van der Waals surface area contributed by atoms with Crippen LogP contribution in [0.4, 0.5) is 0 Å². The fourth-order valence-electron chi connectivity index (χ4n) is 20.5. The summed E-state index contributed by atoms with van der Waals surface area (Å²) < 4.78 is 63.3. The van der Waals surface area contributed by atoms with Crippen LogP contribution in [0.5, 0.6) is 51.7 Å². The van der Waals surface area contributed by atoms with Gasteiger partial charge < -0.3 is 42.6 Å². The summed E-state index contributed by atoms with van der Waals surface area (Å²) >= 11 is 0. The number of nitrogens with zero attached hydrogens (tertiary/aromatic N) is 1. The zero-order chi connectivity index (χ0) is 105. The lowest BCUT2D eigenvalue weighted by molar-refractivity contribution is 0.234. The predicted molar refractivity (Wildman–Crippen MR) is 646 cm³/mol. The van der Waals surface area contributed by atoms with Gasteiger partial charge in [-0.15, -0.1) is 0 Å². The molecule has 3 aromatic carbocycles. The summed E-state index contributed by atoms with van der Waals surface area (Å²) in [5, 5.41) is 0. The van der Waals surface area contributed by atoms with Crippen LogP contribution in [0.15, 0.2) is 48.5 Å². The highest BCUT2D eigenvalue weighted by atomic mass is 16.6. The topological polar surface area (TPSA) is 96.0 Å². The molecular formula is C137H239NO9. The van der Waals surface area contributed by atoms with Crippen LogP contribution < -0.4 is 42.6 Å². The fraction of sp³-hybridized carbons (Fsp3) is 0.788. The van der Waals surface area contributed by atoms with Gasteiger partial charge in [0.15, 0.2) is 34.5 Å². The van der Waals surface area contributed by atoms with Crippen molar-refractivity contribution in [1.29, 1.82) is 0 Å². The van der Waals surface area contributed by atoms with Crippen molar-refractivity contribution in [3.05, 3.63) is 82.2 Å². The molecule has 147 heavy (non-hydrogen) atoms. The molecule has 0 N–H and O–H groups in total. The van der Waals surface area contributed by atoms with Crippen LogP contribution in [0.3, 0.4) is 0 Å². The smallest absolute Gasteiger partial charge is 0.203 e. The van der Waals surface area contributed by atoms with Crippen molar-refractivity contribution in [2.75, 3.05) is 59.5 Å². The van der Waals surface area contributed by atoms with Gasteiger partial charge >= 0.3 is 0 Å².